The zero-order valence-electron chi connectivity index (χ0n) is 9.11. The lowest BCUT2D eigenvalue weighted by molar-refractivity contribution is -0.117. The van der Waals surface area contributed by atoms with Gasteiger partial charge in [-0.15, -0.1) is 0 Å². The molecule has 3 rings (SSSR count). The van der Waals surface area contributed by atoms with Gasteiger partial charge >= 0.3 is 0 Å². The number of benzene rings is 1. The highest BCUT2D eigenvalue weighted by Crippen LogP contribution is 2.51. The highest BCUT2D eigenvalue weighted by atomic mass is 35.5. The largest absolute Gasteiger partial charge is 0.362 e. The van der Waals surface area contributed by atoms with Gasteiger partial charge in [0.1, 0.15) is 12.2 Å². The number of ether oxygens (including phenoxy) is 1. The number of halogens is 1. The Kier molecular flexibility index (Phi) is 2.03. The molecule has 3 atom stereocenters. The standard InChI is InChI=1S/C12H12ClNO2/c1-6-11-12(16-11)9-5-8(13)3-4-10(9)14(6)7(2)15/h3-6,11-12H,1-2H3. The number of amides is 1. The maximum Gasteiger partial charge on any atom is 0.224 e. The molecule has 16 heavy (non-hydrogen) atoms. The van der Waals surface area contributed by atoms with Gasteiger partial charge in [0.15, 0.2) is 0 Å². The summed E-state index contributed by atoms with van der Waals surface area (Å²) in [7, 11) is 0. The topological polar surface area (TPSA) is 32.8 Å². The van der Waals surface area contributed by atoms with Gasteiger partial charge in [-0.2, -0.15) is 0 Å². The van der Waals surface area contributed by atoms with Crippen LogP contribution in [0.3, 0.4) is 0 Å². The first-order valence-corrected chi connectivity index (χ1v) is 5.72. The summed E-state index contributed by atoms with van der Waals surface area (Å²) < 4.78 is 5.60. The molecule has 1 amide bonds. The van der Waals surface area contributed by atoms with Crippen molar-refractivity contribution in [2.24, 2.45) is 0 Å². The van der Waals surface area contributed by atoms with E-state index in [4.69, 9.17) is 16.3 Å². The lowest BCUT2D eigenvalue weighted by Crippen LogP contribution is -2.43. The Balaban J connectivity index is 2.15. The highest BCUT2D eigenvalue weighted by molar-refractivity contribution is 6.30. The van der Waals surface area contributed by atoms with E-state index in [-0.39, 0.29) is 24.2 Å². The average Bonchev–Trinajstić information content (AvgIpc) is 2.99. The number of anilines is 1. The van der Waals surface area contributed by atoms with Gasteiger partial charge in [0.05, 0.1) is 11.7 Å². The van der Waals surface area contributed by atoms with E-state index in [9.17, 15) is 4.79 Å². The first-order valence-electron chi connectivity index (χ1n) is 5.34. The van der Waals surface area contributed by atoms with E-state index < -0.39 is 0 Å². The summed E-state index contributed by atoms with van der Waals surface area (Å²) in [5.41, 5.74) is 1.97. The zero-order valence-corrected chi connectivity index (χ0v) is 9.86. The molecule has 1 fully saturated rings. The molecule has 2 aliphatic rings. The maximum absolute atomic E-state index is 11.7. The van der Waals surface area contributed by atoms with E-state index in [1.54, 1.807) is 11.8 Å². The molecule has 0 bridgehead atoms. The van der Waals surface area contributed by atoms with E-state index in [0.29, 0.717) is 5.02 Å². The van der Waals surface area contributed by atoms with Crippen molar-refractivity contribution in [3.05, 3.63) is 28.8 Å². The van der Waals surface area contributed by atoms with Crippen molar-refractivity contribution in [2.45, 2.75) is 32.1 Å². The lowest BCUT2D eigenvalue weighted by Gasteiger charge is -2.32. The quantitative estimate of drug-likeness (QED) is 0.650. The Labute approximate surface area is 98.9 Å². The number of nitrogens with zero attached hydrogens (tertiary/aromatic N) is 1. The van der Waals surface area contributed by atoms with Gasteiger partial charge in [0.2, 0.25) is 5.91 Å². The average molecular weight is 238 g/mol. The Morgan fingerprint density at radius 3 is 2.94 bits per heavy atom. The van der Waals surface area contributed by atoms with Crippen molar-refractivity contribution in [3.8, 4) is 0 Å². The summed E-state index contributed by atoms with van der Waals surface area (Å²) in [6.07, 6.45) is 0.258. The second-order valence-corrected chi connectivity index (χ2v) is 4.79. The summed E-state index contributed by atoms with van der Waals surface area (Å²) in [5.74, 6) is 0.0463. The molecule has 1 aromatic carbocycles. The van der Waals surface area contributed by atoms with Crippen LogP contribution in [0.25, 0.3) is 0 Å². The van der Waals surface area contributed by atoms with E-state index in [2.05, 4.69) is 0 Å². The van der Waals surface area contributed by atoms with Crippen molar-refractivity contribution in [1.29, 1.82) is 0 Å². The van der Waals surface area contributed by atoms with Crippen LogP contribution in [0.4, 0.5) is 5.69 Å². The van der Waals surface area contributed by atoms with Crippen LogP contribution in [-0.4, -0.2) is 18.1 Å². The SMILES string of the molecule is CC(=O)N1c2ccc(Cl)cc2C2OC2C1C. The fourth-order valence-corrected chi connectivity index (χ4v) is 2.72. The van der Waals surface area contributed by atoms with Crippen LogP contribution in [0.1, 0.15) is 25.5 Å². The highest BCUT2D eigenvalue weighted by Gasteiger charge is 2.52. The number of hydrogen-bond acceptors (Lipinski definition) is 2. The van der Waals surface area contributed by atoms with Crippen LogP contribution in [0, 0.1) is 0 Å². The van der Waals surface area contributed by atoms with Crippen LogP contribution >= 0.6 is 11.6 Å². The Morgan fingerprint density at radius 2 is 2.25 bits per heavy atom. The number of hydrogen-bond donors (Lipinski definition) is 0. The summed E-state index contributed by atoms with van der Waals surface area (Å²) >= 11 is 5.97. The number of carbonyl (C=O) groups is 1. The van der Waals surface area contributed by atoms with Gasteiger partial charge in [-0.05, 0) is 25.1 Å². The molecule has 3 nitrogen and oxygen atoms in total. The molecular weight excluding hydrogens is 226 g/mol. The molecule has 2 aliphatic heterocycles. The Morgan fingerprint density at radius 1 is 1.50 bits per heavy atom. The summed E-state index contributed by atoms with van der Waals surface area (Å²) in [4.78, 5) is 13.4. The molecule has 84 valence electrons. The summed E-state index contributed by atoms with van der Waals surface area (Å²) in [6.45, 7) is 3.60. The molecule has 0 radical (unpaired) electrons. The number of rotatable bonds is 0. The first-order chi connectivity index (χ1) is 7.59. The molecule has 0 spiro atoms. The van der Waals surface area contributed by atoms with Crippen LogP contribution in [0.2, 0.25) is 5.02 Å². The molecule has 0 saturated carbocycles. The molecule has 0 N–H and O–H groups in total. The second kappa shape index (κ2) is 3.22. The molecule has 0 aliphatic carbocycles. The fourth-order valence-electron chi connectivity index (χ4n) is 2.54. The summed E-state index contributed by atoms with van der Waals surface area (Å²) in [5, 5.41) is 0.686. The van der Waals surface area contributed by atoms with Crippen molar-refractivity contribution < 1.29 is 9.53 Å². The van der Waals surface area contributed by atoms with Crippen LogP contribution in [0.15, 0.2) is 18.2 Å². The molecule has 4 heteroatoms. The van der Waals surface area contributed by atoms with Gasteiger partial charge < -0.3 is 9.64 Å². The Bertz CT molecular complexity index is 474. The van der Waals surface area contributed by atoms with Gasteiger partial charge in [-0.3, -0.25) is 4.79 Å². The first kappa shape index (κ1) is 10.1. The van der Waals surface area contributed by atoms with E-state index in [1.807, 2.05) is 25.1 Å². The normalized spacial score (nSPS) is 30.7. The number of fused-ring (bicyclic) bond motifs is 3. The third kappa shape index (κ3) is 1.28. The molecule has 1 saturated heterocycles. The van der Waals surface area contributed by atoms with Crippen LogP contribution in [0.5, 0.6) is 0 Å². The smallest absolute Gasteiger partial charge is 0.224 e. The van der Waals surface area contributed by atoms with Crippen molar-refractivity contribution >= 4 is 23.2 Å². The zero-order chi connectivity index (χ0) is 11.4. The predicted molar refractivity (Wildman–Crippen MR) is 61.7 cm³/mol. The third-order valence-electron chi connectivity index (χ3n) is 3.30. The molecule has 2 heterocycles. The van der Waals surface area contributed by atoms with E-state index in [0.717, 1.165) is 11.3 Å². The minimum atomic E-state index is 0.0463. The lowest BCUT2D eigenvalue weighted by atomic mass is 9.96. The molecule has 1 aromatic rings. The van der Waals surface area contributed by atoms with Gasteiger partial charge in [0, 0.05) is 17.5 Å². The molecule has 0 aromatic heterocycles. The van der Waals surface area contributed by atoms with Gasteiger partial charge in [0.25, 0.3) is 0 Å². The van der Waals surface area contributed by atoms with Crippen molar-refractivity contribution in [2.75, 3.05) is 4.90 Å². The third-order valence-corrected chi connectivity index (χ3v) is 3.54. The predicted octanol–water partition coefficient (Wildman–Crippen LogP) is 2.53. The van der Waals surface area contributed by atoms with Crippen LogP contribution < -0.4 is 4.90 Å². The minimum Gasteiger partial charge on any atom is -0.362 e. The molecular formula is C12H12ClNO2. The van der Waals surface area contributed by atoms with Gasteiger partial charge in [-0.1, -0.05) is 11.6 Å². The maximum atomic E-state index is 11.7. The fraction of sp³-hybridized carbons (Fsp3) is 0.417. The van der Waals surface area contributed by atoms with Crippen molar-refractivity contribution in [1.82, 2.24) is 0 Å². The monoisotopic (exact) mass is 237 g/mol. The van der Waals surface area contributed by atoms with E-state index in [1.165, 1.54) is 0 Å². The van der Waals surface area contributed by atoms with Crippen molar-refractivity contribution in [3.63, 3.8) is 0 Å². The Hall–Kier alpha value is -1.06. The molecule has 3 unspecified atom stereocenters. The van der Waals surface area contributed by atoms with Gasteiger partial charge in [-0.25, -0.2) is 0 Å². The summed E-state index contributed by atoms with van der Waals surface area (Å²) in [6, 6.07) is 5.71. The second-order valence-electron chi connectivity index (χ2n) is 4.35. The number of epoxide rings is 1. The van der Waals surface area contributed by atoms with E-state index >= 15 is 0 Å². The van der Waals surface area contributed by atoms with Crippen LogP contribution in [-0.2, 0) is 9.53 Å². The minimum absolute atomic E-state index is 0.0463. The number of carbonyl (C=O) groups excluding carboxylic acids is 1.